The number of carbonyl (C=O) groups is 2. The van der Waals surface area contributed by atoms with Gasteiger partial charge in [0, 0.05) is 17.1 Å². The minimum absolute atomic E-state index is 0.00518. The topological polar surface area (TPSA) is 93.5 Å². The fourth-order valence-electron chi connectivity index (χ4n) is 3.93. The Hall–Kier alpha value is -2.61. The Morgan fingerprint density at radius 3 is 2.63 bits per heavy atom. The predicted octanol–water partition coefficient (Wildman–Crippen LogP) is 2.38. The molecule has 0 unspecified atom stereocenters. The van der Waals surface area contributed by atoms with Crippen LogP contribution in [-0.2, 0) is 4.79 Å². The molecule has 2 amide bonds. The van der Waals surface area contributed by atoms with Gasteiger partial charge in [-0.2, -0.15) is 0 Å². The van der Waals surface area contributed by atoms with Gasteiger partial charge < -0.3 is 19.9 Å². The molecule has 0 saturated heterocycles. The molecule has 0 atom stereocenters. The van der Waals surface area contributed by atoms with Gasteiger partial charge in [0.1, 0.15) is 22.9 Å². The van der Waals surface area contributed by atoms with Crippen molar-refractivity contribution in [2.24, 2.45) is 0 Å². The lowest BCUT2D eigenvalue weighted by Gasteiger charge is -2.70. The van der Waals surface area contributed by atoms with Gasteiger partial charge in [-0.05, 0) is 38.3 Å². The molecule has 5 rings (SSSR count). The Morgan fingerprint density at radius 2 is 2.00 bits per heavy atom. The summed E-state index contributed by atoms with van der Waals surface area (Å²) in [6.45, 7) is 1.46. The van der Waals surface area contributed by atoms with Crippen molar-refractivity contribution < 1.29 is 23.2 Å². The molecule has 2 bridgehead atoms. The fourth-order valence-corrected chi connectivity index (χ4v) is 4.04. The van der Waals surface area contributed by atoms with Crippen LogP contribution in [0.2, 0.25) is 5.02 Å². The molecule has 2 N–H and O–H groups in total. The molecule has 1 aromatic carbocycles. The minimum Gasteiger partial charge on any atom is -0.484 e. The first-order chi connectivity index (χ1) is 12.8. The van der Waals surface area contributed by atoms with Crippen molar-refractivity contribution in [2.45, 2.75) is 37.3 Å². The first-order valence-electron chi connectivity index (χ1n) is 8.43. The van der Waals surface area contributed by atoms with Gasteiger partial charge >= 0.3 is 0 Å². The maximum absolute atomic E-state index is 13.4. The molecule has 3 saturated carbocycles. The van der Waals surface area contributed by atoms with Gasteiger partial charge in [0.05, 0.1) is 11.2 Å². The summed E-state index contributed by atoms with van der Waals surface area (Å²) in [5.41, 5.74) is -0.168. The lowest BCUT2D eigenvalue weighted by atomic mass is 9.44. The number of ether oxygens (including phenoxy) is 1. The Kier molecular flexibility index (Phi) is 4.10. The molecule has 1 heterocycles. The number of halogens is 2. The third kappa shape index (κ3) is 3.25. The van der Waals surface area contributed by atoms with E-state index in [-0.39, 0.29) is 40.3 Å². The monoisotopic (exact) mass is 393 g/mol. The van der Waals surface area contributed by atoms with Crippen molar-refractivity contribution >= 4 is 23.4 Å². The standard InChI is InChI=1S/C18H17ClFN3O4/c1-10-12(5-21-27-10)16(25)23-18-7-17(8-18,9-18)22-15(24)6-26-11-2-3-13(19)14(20)4-11/h2-5H,6-9H2,1H3,(H,22,24)(H,23,25). The summed E-state index contributed by atoms with van der Waals surface area (Å²) in [6, 6.07) is 4.00. The van der Waals surface area contributed by atoms with Gasteiger partial charge in [0.25, 0.3) is 11.8 Å². The minimum atomic E-state index is -0.602. The van der Waals surface area contributed by atoms with Crippen LogP contribution in [0.1, 0.15) is 35.4 Å². The van der Waals surface area contributed by atoms with Gasteiger partial charge in [-0.3, -0.25) is 9.59 Å². The largest absolute Gasteiger partial charge is 0.484 e. The second-order valence-corrected chi connectivity index (χ2v) is 7.66. The van der Waals surface area contributed by atoms with Crippen molar-refractivity contribution in [1.29, 1.82) is 0 Å². The van der Waals surface area contributed by atoms with Crippen LogP contribution in [0.4, 0.5) is 4.39 Å². The van der Waals surface area contributed by atoms with Crippen LogP contribution < -0.4 is 15.4 Å². The molecule has 27 heavy (non-hydrogen) atoms. The maximum atomic E-state index is 13.4. The quantitative estimate of drug-likeness (QED) is 0.786. The summed E-state index contributed by atoms with van der Waals surface area (Å²) in [5.74, 6) is -0.411. The van der Waals surface area contributed by atoms with E-state index in [9.17, 15) is 14.0 Å². The van der Waals surface area contributed by atoms with E-state index in [1.54, 1.807) is 6.92 Å². The number of hydrogen-bond donors (Lipinski definition) is 2. The van der Waals surface area contributed by atoms with Crippen molar-refractivity contribution in [1.82, 2.24) is 15.8 Å². The van der Waals surface area contributed by atoms with E-state index in [4.69, 9.17) is 20.9 Å². The summed E-state index contributed by atoms with van der Waals surface area (Å²) in [6.07, 6.45) is 3.39. The number of nitrogens with one attached hydrogen (secondary N) is 2. The zero-order valence-electron chi connectivity index (χ0n) is 14.5. The number of aryl methyl sites for hydroxylation is 1. The summed E-state index contributed by atoms with van der Waals surface area (Å²) in [5, 5.41) is 9.52. The van der Waals surface area contributed by atoms with Crippen LogP contribution in [-0.4, -0.2) is 34.7 Å². The zero-order valence-corrected chi connectivity index (χ0v) is 15.2. The first-order valence-corrected chi connectivity index (χ1v) is 8.80. The van der Waals surface area contributed by atoms with Gasteiger partial charge in [-0.1, -0.05) is 16.8 Å². The van der Waals surface area contributed by atoms with E-state index in [0.29, 0.717) is 30.6 Å². The zero-order chi connectivity index (χ0) is 19.2. The molecule has 0 spiro atoms. The Balaban J connectivity index is 1.24. The average Bonchev–Trinajstić information content (AvgIpc) is 2.99. The molecule has 3 aliphatic rings. The van der Waals surface area contributed by atoms with Crippen LogP contribution in [0, 0.1) is 12.7 Å². The van der Waals surface area contributed by atoms with Crippen LogP contribution in [0.25, 0.3) is 0 Å². The Morgan fingerprint density at radius 1 is 1.30 bits per heavy atom. The van der Waals surface area contributed by atoms with Gasteiger partial charge in [-0.15, -0.1) is 0 Å². The summed E-state index contributed by atoms with van der Waals surface area (Å²) >= 11 is 5.60. The van der Waals surface area contributed by atoms with E-state index in [1.165, 1.54) is 18.3 Å². The van der Waals surface area contributed by atoms with E-state index < -0.39 is 5.82 Å². The number of aromatic nitrogens is 1. The normalized spacial score (nSPS) is 25.1. The number of hydrogen-bond acceptors (Lipinski definition) is 5. The smallest absolute Gasteiger partial charge is 0.258 e. The molecule has 3 aliphatic carbocycles. The number of nitrogens with zero attached hydrogens (tertiary/aromatic N) is 1. The molecule has 142 valence electrons. The van der Waals surface area contributed by atoms with E-state index >= 15 is 0 Å². The Labute approximate surface area is 159 Å². The van der Waals surface area contributed by atoms with Gasteiger partial charge in [0.2, 0.25) is 0 Å². The van der Waals surface area contributed by atoms with Gasteiger partial charge in [0.15, 0.2) is 6.61 Å². The highest BCUT2D eigenvalue weighted by molar-refractivity contribution is 6.30. The predicted molar refractivity (Wildman–Crippen MR) is 93.1 cm³/mol. The van der Waals surface area contributed by atoms with Crippen LogP contribution in [0.5, 0.6) is 5.75 Å². The van der Waals surface area contributed by atoms with Crippen molar-refractivity contribution in [3.05, 3.63) is 46.6 Å². The van der Waals surface area contributed by atoms with E-state index in [0.717, 1.165) is 6.07 Å². The van der Waals surface area contributed by atoms with Crippen molar-refractivity contribution in [2.75, 3.05) is 6.61 Å². The number of amides is 2. The third-order valence-electron chi connectivity index (χ3n) is 5.07. The molecular formula is C18H17ClFN3O4. The second-order valence-electron chi connectivity index (χ2n) is 7.25. The maximum Gasteiger partial charge on any atom is 0.258 e. The summed E-state index contributed by atoms with van der Waals surface area (Å²) < 4.78 is 23.6. The highest BCUT2D eigenvalue weighted by Crippen LogP contribution is 2.60. The average molecular weight is 394 g/mol. The molecule has 0 aliphatic heterocycles. The highest BCUT2D eigenvalue weighted by Gasteiger charge is 2.69. The van der Waals surface area contributed by atoms with Crippen LogP contribution in [0.3, 0.4) is 0 Å². The molecule has 1 aromatic heterocycles. The Bertz CT molecular complexity index is 909. The summed E-state index contributed by atoms with van der Waals surface area (Å²) in [7, 11) is 0. The number of carbonyl (C=O) groups excluding carboxylic acids is 2. The third-order valence-corrected chi connectivity index (χ3v) is 5.38. The highest BCUT2D eigenvalue weighted by atomic mass is 35.5. The molecule has 0 radical (unpaired) electrons. The molecule has 7 nitrogen and oxygen atoms in total. The van der Waals surface area contributed by atoms with Crippen molar-refractivity contribution in [3.63, 3.8) is 0 Å². The van der Waals surface area contributed by atoms with Crippen molar-refractivity contribution in [3.8, 4) is 5.75 Å². The fraction of sp³-hybridized carbons (Fsp3) is 0.389. The summed E-state index contributed by atoms with van der Waals surface area (Å²) in [4.78, 5) is 24.3. The SMILES string of the molecule is Cc1oncc1C(=O)NC12CC(NC(=O)COc3ccc(Cl)c(F)c3)(C1)C2. The molecule has 2 aromatic rings. The lowest BCUT2D eigenvalue weighted by molar-refractivity contribution is -0.141. The second kappa shape index (κ2) is 6.23. The molecular weight excluding hydrogens is 377 g/mol. The number of rotatable bonds is 6. The van der Waals surface area contributed by atoms with Crippen LogP contribution in [0.15, 0.2) is 28.9 Å². The molecule has 9 heteroatoms. The molecule has 3 fully saturated rings. The van der Waals surface area contributed by atoms with Crippen LogP contribution >= 0.6 is 11.6 Å². The van der Waals surface area contributed by atoms with E-state index in [2.05, 4.69) is 15.8 Å². The number of benzene rings is 1. The van der Waals surface area contributed by atoms with Gasteiger partial charge in [-0.25, -0.2) is 4.39 Å². The lowest BCUT2D eigenvalue weighted by Crippen LogP contribution is -2.84. The first kappa shape index (κ1) is 17.8. The van der Waals surface area contributed by atoms with E-state index in [1.807, 2.05) is 0 Å².